The minimum Gasteiger partial charge on any atom is -0.416 e. The maximum Gasteiger partial charge on any atom is 0.191 e. The van der Waals surface area contributed by atoms with E-state index >= 15 is 0 Å². The van der Waals surface area contributed by atoms with Gasteiger partial charge in [-0.3, -0.25) is 4.39 Å². The third kappa shape index (κ3) is 4.87. The lowest BCUT2D eigenvalue weighted by molar-refractivity contribution is 0.186. The summed E-state index contributed by atoms with van der Waals surface area (Å²) in [5, 5.41) is 10.7. The number of hydrogen-bond donors (Lipinski definition) is 0. The summed E-state index contributed by atoms with van der Waals surface area (Å²) in [5.74, 6) is -0.221. The number of alkyl halides is 1. The number of nitrogens with zero attached hydrogens (tertiary/aromatic N) is 2. The Morgan fingerprint density at radius 2 is 1.89 bits per heavy atom. The van der Waals surface area contributed by atoms with Crippen molar-refractivity contribution in [3.63, 3.8) is 0 Å². The summed E-state index contributed by atoms with van der Waals surface area (Å²) in [6, 6.07) is 8.44. The molecule has 2 aromatic rings. The van der Waals surface area contributed by atoms with Crippen LogP contribution >= 0.6 is 15.9 Å². The average molecular weight is 467 g/mol. The zero-order valence-electron chi connectivity index (χ0n) is 18.1. The van der Waals surface area contributed by atoms with Crippen molar-refractivity contribution in [1.82, 2.24) is 4.57 Å². The van der Waals surface area contributed by atoms with Crippen molar-refractivity contribution >= 4 is 35.2 Å². The van der Waals surface area contributed by atoms with Gasteiger partial charge in [-0.25, -0.2) is 0 Å². The molecular weight excluding hydrogens is 435 g/mol. The third-order valence-corrected chi connectivity index (χ3v) is 11.0. The summed E-state index contributed by atoms with van der Waals surface area (Å²) in [6.45, 7) is 15.3. The molecule has 28 heavy (non-hydrogen) atoms. The standard InChI is InChI=1S/C22H32BrFN2OSi/c1-21(2,3)28(6,7)27-14-16(11-24)12-26-13-19(22(4,5)15-25)18-9-8-17(23)10-20(18)26/h8-10,13,16H,11-12,14H2,1-7H3. The highest BCUT2D eigenvalue weighted by Crippen LogP contribution is 2.37. The van der Waals surface area contributed by atoms with E-state index in [1.54, 1.807) is 0 Å². The van der Waals surface area contributed by atoms with E-state index in [1.807, 2.05) is 38.2 Å². The lowest BCUT2D eigenvalue weighted by Crippen LogP contribution is -2.42. The van der Waals surface area contributed by atoms with Crippen LogP contribution in [0.4, 0.5) is 4.39 Å². The number of aromatic nitrogens is 1. The first-order valence-electron chi connectivity index (χ1n) is 9.72. The van der Waals surface area contributed by atoms with Gasteiger partial charge in [0.2, 0.25) is 0 Å². The fourth-order valence-electron chi connectivity index (χ4n) is 2.94. The molecule has 0 aliphatic rings. The molecule has 3 nitrogen and oxygen atoms in total. The lowest BCUT2D eigenvalue weighted by Gasteiger charge is -2.37. The predicted molar refractivity (Wildman–Crippen MR) is 121 cm³/mol. The number of nitriles is 1. The van der Waals surface area contributed by atoms with Crippen molar-refractivity contribution in [3.05, 3.63) is 34.4 Å². The van der Waals surface area contributed by atoms with Gasteiger partial charge in [-0.05, 0) is 49.7 Å². The molecule has 6 heteroatoms. The summed E-state index contributed by atoms with van der Waals surface area (Å²) < 4.78 is 23.2. The summed E-state index contributed by atoms with van der Waals surface area (Å²) in [7, 11) is -1.92. The highest BCUT2D eigenvalue weighted by molar-refractivity contribution is 9.10. The van der Waals surface area contributed by atoms with Crippen molar-refractivity contribution in [2.24, 2.45) is 5.92 Å². The minimum absolute atomic E-state index is 0.100. The first kappa shape index (κ1) is 23.1. The number of halogens is 2. The average Bonchev–Trinajstić information content (AvgIpc) is 2.96. The van der Waals surface area contributed by atoms with Gasteiger partial charge in [0.15, 0.2) is 8.32 Å². The normalized spacial score (nSPS) is 14.3. The molecular formula is C22H32BrFN2OSi. The lowest BCUT2D eigenvalue weighted by atomic mass is 9.86. The fourth-order valence-corrected chi connectivity index (χ4v) is 4.38. The molecule has 2 rings (SSSR count). The Balaban J connectivity index is 2.34. The van der Waals surface area contributed by atoms with Gasteiger partial charge in [0.05, 0.1) is 18.2 Å². The summed E-state index contributed by atoms with van der Waals surface area (Å²) in [5.41, 5.74) is 1.37. The van der Waals surface area contributed by atoms with Gasteiger partial charge >= 0.3 is 0 Å². The van der Waals surface area contributed by atoms with Crippen molar-refractivity contribution in [1.29, 1.82) is 5.26 Å². The summed E-state index contributed by atoms with van der Waals surface area (Å²) >= 11 is 3.53. The van der Waals surface area contributed by atoms with Crippen LogP contribution in [-0.2, 0) is 16.4 Å². The van der Waals surface area contributed by atoms with Crippen LogP contribution in [-0.4, -0.2) is 26.2 Å². The van der Waals surface area contributed by atoms with Crippen LogP contribution < -0.4 is 0 Å². The fraction of sp³-hybridized carbons (Fsp3) is 0.591. The molecule has 1 aromatic carbocycles. The molecule has 154 valence electrons. The first-order chi connectivity index (χ1) is 12.8. The van der Waals surface area contributed by atoms with E-state index < -0.39 is 20.4 Å². The second-order valence-electron chi connectivity index (χ2n) is 9.69. The van der Waals surface area contributed by atoms with E-state index in [0.29, 0.717) is 13.2 Å². The van der Waals surface area contributed by atoms with Crippen LogP contribution in [0.3, 0.4) is 0 Å². The van der Waals surface area contributed by atoms with Crippen LogP contribution in [0.25, 0.3) is 10.9 Å². The van der Waals surface area contributed by atoms with Gasteiger partial charge in [0, 0.05) is 40.6 Å². The number of rotatable bonds is 7. The van der Waals surface area contributed by atoms with Crippen LogP contribution in [0.1, 0.15) is 40.2 Å². The zero-order valence-corrected chi connectivity index (χ0v) is 20.7. The highest BCUT2D eigenvalue weighted by atomic mass is 79.9. The SMILES string of the molecule is CC(C)(C#N)c1cn(CC(CF)CO[Si](C)(C)C(C)(C)C)c2cc(Br)ccc12. The Morgan fingerprint density at radius 1 is 1.25 bits per heavy atom. The molecule has 0 radical (unpaired) electrons. The molecule has 0 aliphatic carbocycles. The van der Waals surface area contributed by atoms with Crippen LogP contribution in [0.5, 0.6) is 0 Å². The van der Waals surface area contributed by atoms with Crippen LogP contribution in [0.2, 0.25) is 18.1 Å². The number of hydrogen-bond acceptors (Lipinski definition) is 2. The van der Waals surface area contributed by atoms with E-state index in [2.05, 4.69) is 60.4 Å². The molecule has 0 amide bonds. The molecule has 1 aromatic heterocycles. The third-order valence-electron chi connectivity index (χ3n) is 5.96. The molecule has 1 heterocycles. The van der Waals surface area contributed by atoms with E-state index in [9.17, 15) is 9.65 Å². The van der Waals surface area contributed by atoms with Crippen molar-refractivity contribution in [2.45, 2.75) is 64.7 Å². The largest absolute Gasteiger partial charge is 0.416 e. The second kappa shape index (κ2) is 8.29. The summed E-state index contributed by atoms with van der Waals surface area (Å²) in [4.78, 5) is 0. The van der Waals surface area contributed by atoms with E-state index in [0.717, 1.165) is 20.9 Å². The van der Waals surface area contributed by atoms with Crippen LogP contribution in [0.15, 0.2) is 28.9 Å². The van der Waals surface area contributed by atoms with Gasteiger partial charge in [-0.1, -0.05) is 42.8 Å². The molecule has 0 aliphatic heterocycles. The Labute approximate surface area is 178 Å². The quantitative estimate of drug-likeness (QED) is 0.420. The topological polar surface area (TPSA) is 38.0 Å². The Hall–Kier alpha value is -1.16. The van der Waals surface area contributed by atoms with Gasteiger partial charge in [-0.2, -0.15) is 5.26 Å². The van der Waals surface area contributed by atoms with Crippen molar-refractivity contribution in [2.75, 3.05) is 13.3 Å². The van der Waals surface area contributed by atoms with E-state index in [1.165, 1.54) is 0 Å². The molecule has 0 fully saturated rings. The molecule has 0 spiro atoms. The molecule has 0 N–H and O–H groups in total. The minimum atomic E-state index is -1.92. The Morgan fingerprint density at radius 3 is 2.43 bits per heavy atom. The monoisotopic (exact) mass is 466 g/mol. The van der Waals surface area contributed by atoms with Gasteiger partial charge in [0.25, 0.3) is 0 Å². The second-order valence-corrected chi connectivity index (χ2v) is 15.4. The molecule has 0 saturated heterocycles. The Bertz CT molecular complexity index is 877. The smallest absolute Gasteiger partial charge is 0.191 e. The van der Waals surface area contributed by atoms with Crippen molar-refractivity contribution < 1.29 is 8.82 Å². The van der Waals surface area contributed by atoms with Crippen LogP contribution in [0, 0.1) is 17.2 Å². The maximum absolute atomic E-state index is 13.9. The Kier molecular flexibility index (Phi) is 6.85. The summed E-state index contributed by atoms with van der Waals surface area (Å²) in [6.07, 6.45) is 2.01. The van der Waals surface area contributed by atoms with Gasteiger partial charge in [0.1, 0.15) is 0 Å². The molecule has 1 atom stereocenters. The van der Waals surface area contributed by atoms with E-state index in [-0.39, 0.29) is 11.0 Å². The van der Waals surface area contributed by atoms with Gasteiger partial charge < -0.3 is 8.99 Å². The molecule has 1 unspecified atom stereocenters. The molecule has 0 bridgehead atoms. The highest BCUT2D eigenvalue weighted by Gasteiger charge is 2.37. The maximum atomic E-state index is 13.9. The van der Waals surface area contributed by atoms with Crippen molar-refractivity contribution in [3.8, 4) is 6.07 Å². The van der Waals surface area contributed by atoms with E-state index in [4.69, 9.17) is 4.43 Å². The number of benzene rings is 1. The van der Waals surface area contributed by atoms with Gasteiger partial charge in [-0.15, -0.1) is 0 Å². The molecule has 0 saturated carbocycles. The predicted octanol–water partition coefficient (Wildman–Crippen LogP) is 6.81. The zero-order chi connectivity index (χ0) is 21.3. The number of fused-ring (bicyclic) bond motifs is 1. The first-order valence-corrected chi connectivity index (χ1v) is 13.4.